The molecule has 0 atom stereocenters. The zero-order valence-corrected chi connectivity index (χ0v) is 12.4. The van der Waals surface area contributed by atoms with E-state index in [1.165, 1.54) is 0 Å². The summed E-state index contributed by atoms with van der Waals surface area (Å²) in [5, 5.41) is 0. The first-order valence-corrected chi connectivity index (χ1v) is 6.65. The summed E-state index contributed by atoms with van der Waals surface area (Å²) in [7, 11) is 3.61. The molecule has 0 aliphatic heterocycles. The lowest BCUT2D eigenvalue weighted by atomic mass is 10.2. The second-order valence-corrected chi connectivity index (χ2v) is 4.97. The number of carbonyl (C=O) groups excluding carboxylic acids is 1. The summed E-state index contributed by atoms with van der Waals surface area (Å²) in [6.45, 7) is 4.01. The second kappa shape index (κ2) is 5.78. The van der Waals surface area contributed by atoms with Crippen LogP contribution in [0, 0.1) is 13.8 Å². The van der Waals surface area contributed by atoms with Crippen molar-refractivity contribution in [3.05, 3.63) is 59.7 Å². The molecule has 0 aromatic heterocycles. The molecule has 0 spiro atoms. The fraction of sp³-hybridized carbons (Fsp3) is 0.235. The van der Waals surface area contributed by atoms with Gasteiger partial charge in [-0.25, -0.2) is 4.79 Å². The van der Waals surface area contributed by atoms with E-state index in [0.717, 1.165) is 22.5 Å². The van der Waals surface area contributed by atoms with Gasteiger partial charge in [-0.1, -0.05) is 36.4 Å². The standard InChI is InChI=1S/C17H20N2O/c1-13-9-5-7-11-15(13)18(3)17(20)19(4)16-12-8-6-10-14(16)2/h5-12H,1-4H3. The van der Waals surface area contributed by atoms with Crippen molar-refractivity contribution in [2.45, 2.75) is 13.8 Å². The van der Waals surface area contributed by atoms with Crippen LogP contribution in [0.4, 0.5) is 16.2 Å². The van der Waals surface area contributed by atoms with Crippen LogP contribution in [0.1, 0.15) is 11.1 Å². The molecule has 0 unspecified atom stereocenters. The number of carbonyl (C=O) groups is 1. The quantitative estimate of drug-likeness (QED) is 0.807. The largest absolute Gasteiger partial charge is 0.328 e. The number of benzene rings is 2. The van der Waals surface area contributed by atoms with E-state index in [-0.39, 0.29) is 6.03 Å². The molecule has 0 saturated carbocycles. The van der Waals surface area contributed by atoms with E-state index in [0.29, 0.717) is 0 Å². The minimum Gasteiger partial charge on any atom is -0.297 e. The maximum Gasteiger partial charge on any atom is 0.328 e. The molecule has 20 heavy (non-hydrogen) atoms. The van der Waals surface area contributed by atoms with Crippen molar-refractivity contribution in [3.8, 4) is 0 Å². The maximum atomic E-state index is 12.6. The molecule has 0 bridgehead atoms. The van der Waals surface area contributed by atoms with Gasteiger partial charge < -0.3 is 0 Å². The topological polar surface area (TPSA) is 23.6 Å². The van der Waals surface area contributed by atoms with E-state index in [1.807, 2.05) is 62.4 Å². The van der Waals surface area contributed by atoms with E-state index >= 15 is 0 Å². The van der Waals surface area contributed by atoms with Gasteiger partial charge in [0, 0.05) is 25.5 Å². The summed E-state index contributed by atoms with van der Waals surface area (Å²) in [6, 6.07) is 15.7. The van der Waals surface area contributed by atoms with Crippen molar-refractivity contribution < 1.29 is 4.79 Å². The highest BCUT2D eigenvalue weighted by molar-refractivity contribution is 6.03. The number of urea groups is 1. The minimum absolute atomic E-state index is 0.0476. The van der Waals surface area contributed by atoms with Crippen LogP contribution in [0.15, 0.2) is 48.5 Å². The van der Waals surface area contributed by atoms with Crippen LogP contribution in [0.2, 0.25) is 0 Å². The first-order chi connectivity index (χ1) is 9.52. The number of para-hydroxylation sites is 2. The molecule has 0 heterocycles. The first-order valence-electron chi connectivity index (χ1n) is 6.65. The average molecular weight is 268 g/mol. The number of hydrogen-bond donors (Lipinski definition) is 0. The molecule has 0 radical (unpaired) electrons. The molecule has 2 amide bonds. The van der Waals surface area contributed by atoms with Gasteiger partial charge in [0.2, 0.25) is 0 Å². The van der Waals surface area contributed by atoms with Gasteiger partial charge in [0.1, 0.15) is 0 Å². The molecule has 3 nitrogen and oxygen atoms in total. The number of aryl methyl sites for hydroxylation is 2. The number of rotatable bonds is 2. The summed E-state index contributed by atoms with van der Waals surface area (Å²) in [4.78, 5) is 16.0. The summed E-state index contributed by atoms with van der Waals surface area (Å²) in [6.07, 6.45) is 0. The first kappa shape index (κ1) is 14.1. The van der Waals surface area contributed by atoms with Crippen LogP contribution in [0.3, 0.4) is 0 Å². The Morgan fingerprint density at radius 2 is 1.10 bits per heavy atom. The molecular formula is C17H20N2O. The fourth-order valence-corrected chi connectivity index (χ4v) is 2.31. The molecular weight excluding hydrogens is 248 g/mol. The van der Waals surface area contributed by atoms with Gasteiger partial charge in [0.05, 0.1) is 0 Å². The van der Waals surface area contributed by atoms with Crippen molar-refractivity contribution in [3.63, 3.8) is 0 Å². The average Bonchev–Trinajstić information content (AvgIpc) is 2.46. The van der Waals surface area contributed by atoms with Gasteiger partial charge in [0.15, 0.2) is 0 Å². The van der Waals surface area contributed by atoms with Crippen LogP contribution >= 0.6 is 0 Å². The highest BCUT2D eigenvalue weighted by Crippen LogP contribution is 2.23. The van der Waals surface area contributed by atoms with Crippen molar-refractivity contribution >= 4 is 17.4 Å². The Kier molecular flexibility index (Phi) is 4.08. The molecule has 0 N–H and O–H groups in total. The lowest BCUT2D eigenvalue weighted by molar-refractivity contribution is 0.253. The Morgan fingerprint density at radius 3 is 1.45 bits per heavy atom. The molecule has 0 saturated heterocycles. The van der Waals surface area contributed by atoms with E-state index in [1.54, 1.807) is 23.9 Å². The molecule has 104 valence electrons. The predicted molar refractivity (Wildman–Crippen MR) is 84.6 cm³/mol. The van der Waals surface area contributed by atoms with Crippen molar-refractivity contribution in [2.75, 3.05) is 23.9 Å². The minimum atomic E-state index is -0.0476. The third kappa shape index (κ3) is 2.67. The highest BCUT2D eigenvalue weighted by Gasteiger charge is 2.19. The van der Waals surface area contributed by atoms with Gasteiger partial charge in [-0.2, -0.15) is 0 Å². The summed E-state index contributed by atoms with van der Waals surface area (Å²) in [5.74, 6) is 0. The smallest absolute Gasteiger partial charge is 0.297 e. The molecule has 0 aliphatic carbocycles. The van der Waals surface area contributed by atoms with Crippen molar-refractivity contribution in [2.24, 2.45) is 0 Å². The Hall–Kier alpha value is -2.29. The van der Waals surface area contributed by atoms with Gasteiger partial charge >= 0.3 is 6.03 Å². The SMILES string of the molecule is Cc1ccccc1N(C)C(=O)N(C)c1ccccc1C. The van der Waals surface area contributed by atoms with Crippen LogP contribution in [0.25, 0.3) is 0 Å². The predicted octanol–water partition coefficient (Wildman–Crippen LogP) is 4.00. The van der Waals surface area contributed by atoms with E-state index in [2.05, 4.69) is 0 Å². The van der Waals surface area contributed by atoms with E-state index in [9.17, 15) is 4.79 Å². The number of amides is 2. The monoisotopic (exact) mass is 268 g/mol. The second-order valence-electron chi connectivity index (χ2n) is 4.97. The third-order valence-corrected chi connectivity index (χ3v) is 3.53. The third-order valence-electron chi connectivity index (χ3n) is 3.53. The molecule has 2 aromatic carbocycles. The van der Waals surface area contributed by atoms with Crippen LogP contribution in [-0.2, 0) is 0 Å². The Balaban J connectivity index is 2.28. The summed E-state index contributed by atoms with van der Waals surface area (Å²) < 4.78 is 0. The zero-order chi connectivity index (χ0) is 14.7. The van der Waals surface area contributed by atoms with Gasteiger partial charge in [-0.05, 0) is 37.1 Å². The molecule has 0 aliphatic rings. The lowest BCUT2D eigenvalue weighted by Gasteiger charge is -2.27. The van der Waals surface area contributed by atoms with Gasteiger partial charge in [-0.15, -0.1) is 0 Å². The van der Waals surface area contributed by atoms with Crippen molar-refractivity contribution in [1.29, 1.82) is 0 Å². The van der Waals surface area contributed by atoms with Gasteiger partial charge in [0.25, 0.3) is 0 Å². The number of hydrogen-bond acceptors (Lipinski definition) is 1. The van der Waals surface area contributed by atoms with E-state index < -0.39 is 0 Å². The van der Waals surface area contributed by atoms with Crippen molar-refractivity contribution in [1.82, 2.24) is 0 Å². The van der Waals surface area contributed by atoms with Gasteiger partial charge in [-0.3, -0.25) is 9.80 Å². The molecule has 2 aromatic rings. The Morgan fingerprint density at radius 1 is 0.750 bits per heavy atom. The maximum absolute atomic E-state index is 12.6. The molecule has 2 rings (SSSR count). The number of anilines is 2. The van der Waals surface area contributed by atoms with E-state index in [4.69, 9.17) is 0 Å². The van der Waals surface area contributed by atoms with Crippen LogP contribution < -0.4 is 9.80 Å². The lowest BCUT2D eigenvalue weighted by Crippen LogP contribution is -2.39. The Bertz CT molecular complexity index is 568. The molecule has 3 heteroatoms. The highest BCUT2D eigenvalue weighted by atomic mass is 16.2. The molecule has 0 fully saturated rings. The summed E-state index contributed by atoms with van der Waals surface area (Å²) >= 11 is 0. The zero-order valence-electron chi connectivity index (χ0n) is 12.4. The van der Waals surface area contributed by atoms with Crippen LogP contribution in [0.5, 0.6) is 0 Å². The Labute approximate surface area is 120 Å². The normalized spacial score (nSPS) is 10.2. The van der Waals surface area contributed by atoms with Crippen LogP contribution in [-0.4, -0.2) is 20.1 Å². The number of nitrogens with zero attached hydrogens (tertiary/aromatic N) is 2. The summed E-state index contributed by atoms with van der Waals surface area (Å²) in [5.41, 5.74) is 4.03. The fourth-order valence-electron chi connectivity index (χ4n) is 2.31.